The Labute approximate surface area is 177 Å². The number of aromatic nitrogens is 2. The predicted octanol–water partition coefficient (Wildman–Crippen LogP) is 3.95. The molecule has 1 aliphatic rings. The van der Waals surface area contributed by atoms with Crippen LogP contribution in [0.15, 0.2) is 40.5 Å². The molecule has 0 saturated heterocycles. The molecule has 0 bridgehead atoms. The number of fused-ring (bicyclic) bond motifs is 3. The van der Waals surface area contributed by atoms with E-state index >= 15 is 0 Å². The lowest BCUT2D eigenvalue weighted by atomic mass is 9.89. The molecule has 0 aliphatic heterocycles. The van der Waals surface area contributed by atoms with Crippen LogP contribution < -0.4 is 11.0 Å². The van der Waals surface area contributed by atoms with E-state index in [0.717, 1.165) is 35.2 Å². The molecule has 0 saturated carbocycles. The lowest BCUT2D eigenvalue weighted by Crippen LogP contribution is -2.34. The van der Waals surface area contributed by atoms with Crippen LogP contribution in [-0.4, -0.2) is 21.7 Å². The van der Waals surface area contributed by atoms with Crippen molar-refractivity contribution < 1.29 is 4.79 Å². The fourth-order valence-electron chi connectivity index (χ4n) is 3.60. The molecule has 4 rings (SSSR count). The minimum absolute atomic E-state index is 0.163. The van der Waals surface area contributed by atoms with Crippen LogP contribution in [0.5, 0.6) is 0 Å². The summed E-state index contributed by atoms with van der Waals surface area (Å²) < 4.78 is 1.39. The van der Waals surface area contributed by atoms with E-state index in [0.29, 0.717) is 16.3 Å². The summed E-state index contributed by atoms with van der Waals surface area (Å²) in [5, 5.41) is 5.23. The van der Waals surface area contributed by atoms with Gasteiger partial charge in [-0.3, -0.25) is 14.2 Å². The van der Waals surface area contributed by atoms with Crippen molar-refractivity contribution in [2.24, 2.45) is 11.0 Å². The summed E-state index contributed by atoms with van der Waals surface area (Å²) in [6.07, 6.45) is 5.92. The van der Waals surface area contributed by atoms with Gasteiger partial charge in [-0.15, -0.1) is 11.3 Å². The Morgan fingerprint density at radius 3 is 3.10 bits per heavy atom. The monoisotopic (exact) mass is 428 g/mol. The second kappa shape index (κ2) is 8.08. The SMILES string of the molecule is C[C@H]1CCc2c(sc3ncn([C@H](C)C(=O)N/N=C/c4cccc(Cl)c4)c(=O)c23)C1. The number of thiophene rings is 1. The molecular formula is C21H21ClN4O2S. The summed E-state index contributed by atoms with van der Waals surface area (Å²) in [4.78, 5) is 32.1. The van der Waals surface area contributed by atoms with Gasteiger partial charge in [0.1, 0.15) is 10.9 Å². The standard InChI is InChI=1S/C21H21ClN4O2S/c1-12-6-7-16-17(8-12)29-20-18(16)21(28)26(11-23-20)13(2)19(27)25-24-10-14-4-3-5-15(22)9-14/h3-5,9-13H,6-8H2,1-2H3,(H,25,27)/b24-10+/t12-,13+/m0/s1. The fourth-order valence-corrected chi connectivity index (χ4v) is 5.14. The number of hydrogen-bond donors (Lipinski definition) is 1. The van der Waals surface area contributed by atoms with Gasteiger partial charge in [0.2, 0.25) is 0 Å². The van der Waals surface area contributed by atoms with Crippen LogP contribution in [0.1, 0.15) is 42.3 Å². The van der Waals surface area contributed by atoms with E-state index in [4.69, 9.17) is 11.6 Å². The highest BCUT2D eigenvalue weighted by atomic mass is 35.5. The van der Waals surface area contributed by atoms with Crippen LogP contribution >= 0.6 is 22.9 Å². The van der Waals surface area contributed by atoms with Crippen molar-refractivity contribution in [1.29, 1.82) is 0 Å². The van der Waals surface area contributed by atoms with Crippen molar-refractivity contribution in [3.8, 4) is 0 Å². The number of halogens is 1. The van der Waals surface area contributed by atoms with Crippen molar-refractivity contribution in [2.45, 2.75) is 39.2 Å². The average molecular weight is 429 g/mol. The average Bonchev–Trinajstić information content (AvgIpc) is 3.06. The number of hydrogen-bond acceptors (Lipinski definition) is 5. The maximum Gasteiger partial charge on any atom is 0.263 e. The fraction of sp³-hybridized carbons (Fsp3) is 0.333. The van der Waals surface area contributed by atoms with Gasteiger partial charge in [0.05, 0.1) is 17.9 Å². The Morgan fingerprint density at radius 2 is 2.31 bits per heavy atom. The summed E-state index contributed by atoms with van der Waals surface area (Å²) >= 11 is 7.54. The van der Waals surface area contributed by atoms with Crippen molar-refractivity contribution in [1.82, 2.24) is 15.0 Å². The first-order valence-corrected chi connectivity index (χ1v) is 10.7. The first-order valence-electron chi connectivity index (χ1n) is 9.54. The van der Waals surface area contributed by atoms with Gasteiger partial charge in [0, 0.05) is 9.90 Å². The molecule has 2 aromatic heterocycles. The molecule has 0 fully saturated rings. The van der Waals surface area contributed by atoms with Crippen molar-refractivity contribution in [2.75, 3.05) is 0 Å². The zero-order valence-corrected chi connectivity index (χ0v) is 17.8. The Kier molecular flexibility index (Phi) is 5.52. The van der Waals surface area contributed by atoms with Crippen LogP contribution in [0, 0.1) is 5.92 Å². The molecule has 1 amide bonds. The zero-order chi connectivity index (χ0) is 20.5. The third-order valence-corrected chi connectivity index (χ3v) is 6.67. The predicted molar refractivity (Wildman–Crippen MR) is 117 cm³/mol. The minimum Gasteiger partial charge on any atom is -0.286 e. The van der Waals surface area contributed by atoms with Crippen molar-refractivity contribution in [3.63, 3.8) is 0 Å². The largest absolute Gasteiger partial charge is 0.286 e. The highest BCUT2D eigenvalue weighted by Gasteiger charge is 2.25. The van der Waals surface area contributed by atoms with E-state index in [9.17, 15) is 9.59 Å². The molecule has 3 aromatic rings. The van der Waals surface area contributed by atoms with E-state index in [1.165, 1.54) is 22.0 Å². The highest BCUT2D eigenvalue weighted by Crippen LogP contribution is 2.35. The maximum absolute atomic E-state index is 13.1. The van der Waals surface area contributed by atoms with Crippen LogP contribution in [0.2, 0.25) is 5.02 Å². The van der Waals surface area contributed by atoms with Gasteiger partial charge in [-0.25, -0.2) is 10.4 Å². The Morgan fingerprint density at radius 1 is 1.48 bits per heavy atom. The molecule has 2 heterocycles. The van der Waals surface area contributed by atoms with Gasteiger partial charge in [-0.05, 0) is 55.4 Å². The number of carbonyl (C=O) groups is 1. The van der Waals surface area contributed by atoms with Gasteiger partial charge in [-0.1, -0.05) is 30.7 Å². The topological polar surface area (TPSA) is 76.3 Å². The quantitative estimate of drug-likeness (QED) is 0.505. The van der Waals surface area contributed by atoms with Crippen LogP contribution in [0.25, 0.3) is 10.2 Å². The lowest BCUT2D eigenvalue weighted by Gasteiger charge is -2.18. The molecule has 1 aromatic carbocycles. The Hall–Kier alpha value is -2.51. The van der Waals surface area contributed by atoms with E-state index in [1.54, 1.807) is 36.5 Å². The van der Waals surface area contributed by atoms with E-state index in [-0.39, 0.29) is 11.5 Å². The molecule has 150 valence electrons. The molecule has 6 nitrogen and oxygen atoms in total. The van der Waals surface area contributed by atoms with Crippen LogP contribution in [0.4, 0.5) is 0 Å². The summed E-state index contributed by atoms with van der Waals surface area (Å²) in [6.45, 7) is 3.90. The molecule has 0 spiro atoms. The van der Waals surface area contributed by atoms with Crippen molar-refractivity contribution >= 4 is 45.3 Å². The van der Waals surface area contributed by atoms with E-state index < -0.39 is 6.04 Å². The summed E-state index contributed by atoms with van der Waals surface area (Å²) in [7, 11) is 0. The van der Waals surface area contributed by atoms with Crippen molar-refractivity contribution in [3.05, 3.63) is 62.0 Å². The number of amides is 1. The maximum atomic E-state index is 13.1. The third kappa shape index (κ3) is 3.97. The second-order valence-electron chi connectivity index (χ2n) is 7.45. The number of carbonyl (C=O) groups excluding carboxylic acids is 1. The van der Waals surface area contributed by atoms with E-state index in [1.807, 2.05) is 6.07 Å². The number of nitrogens with zero attached hydrogens (tertiary/aromatic N) is 3. The molecule has 1 N–H and O–H groups in total. The first-order chi connectivity index (χ1) is 13.9. The van der Waals surface area contributed by atoms with Crippen LogP contribution in [-0.2, 0) is 17.6 Å². The van der Waals surface area contributed by atoms with Gasteiger partial charge < -0.3 is 0 Å². The highest BCUT2D eigenvalue weighted by molar-refractivity contribution is 7.18. The van der Waals surface area contributed by atoms with Gasteiger partial charge in [0.25, 0.3) is 11.5 Å². The Balaban J connectivity index is 1.56. The molecule has 2 atom stereocenters. The number of hydrazone groups is 1. The molecule has 0 radical (unpaired) electrons. The normalized spacial score (nSPS) is 17.4. The van der Waals surface area contributed by atoms with E-state index in [2.05, 4.69) is 22.4 Å². The van der Waals surface area contributed by atoms with Gasteiger partial charge >= 0.3 is 0 Å². The number of rotatable bonds is 4. The Bertz CT molecular complexity index is 1170. The molecule has 0 unspecified atom stereocenters. The lowest BCUT2D eigenvalue weighted by molar-refractivity contribution is -0.123. The van der Waals surface area contributed by atoms with Gasteiger partial charge in [0.15, 0.2) is 0 Å². The molecular weight excluding hydrogens is 408 g/mol. The summed E-state index contributed by atoms with van der Waals surface area (Å²) in [5.74, 6) is 0.240. The van der Waals surface area contributed by atoms with Gasteiger partial charge in [-0.2, -0.15) is 5.10 Å². The first kappa shape index (κ1) is 19.8. The zero-order valence-electron chi connectivity index (χ0n) is 16.2. The third-order valence-electron chi connectivity index (χ3n) is 5.27. The molecule has 1 aliphatic carbocycles. The van der Waals surface area contributed by atoms with Crippen LogP contribution in [0.3, 0.4) is 0 Å². The smallest absolute Gasteiger partial charge is 0.263 e. The second-order valence-corrected chi connectivity index (χ2v) is 8.97. The number of nitrogens with one attached hydrogen (secondary N) is 1. The summed E-state index contributed by atoms with van der Waals surface area (Å²) in [5.41, 5.74) is 4.21. The number of aryl methyl sites for hydroxylation is 1. The number of benzene rings is 1. The molecule has 8 heteroatoms. The minimum atomic E-state index is -0.728. The molecule has 29 heavy (non-hydrogen) atoms. The summed E-state index contributed by atoms with van der Waals surface area (Å²) in [6, 6.07) is 6.40.